The number of carbonyl (C=O) groups excluding carboxylic acids is 1. The molecule has 7 heteroatoms. The first kappa shape index (κ1) is 21.3. The highest BCUT2D eigenvalue weighted by atomic mass is 32.2. The first-order chi connectivity index (χ1) is 15.0. The van der Waals surface area contributed by atoms with E-state index in [0.717, 1.165) is 27.6 Å². The molecule has 3 aromatic rings. The molecule has 0 spiro atoms. The lowest BCUT2D eigenvalue weighted by atomic mass is 10.0. The molecule has 1 heterocycles. The van der Waals surface area contributed by atoms with E-state index in [1.807, 2.05) is 54.6 Å². The molecule has 0 atom stereocenters. The number of nitrogens with zero attached hydrogens (tertiary/aromatic N) is 1. The Morgan fingerprint density at radius 2 is 1.87 bits per heavy atom. The fourth-order valence-electron chi connectivity index (χ4n) is 3.97. The summed E-state index contributed by atoms with van der Waals surface area (Å²) in [5.74, 6) is 0.612. The third kappa shape index (κ3) is 4.73. The van der Waals surface area contributed by atoms with Gasteiger partial charge in [0.1, 0.15) is 5.75 Å². The Balaban J connectivity index is 1.32. The zero-order valence-electron chi connectivity index (χ0n) is 17.5. The van der Waals surface area contributed by atoms with E-state index in [-0.39, 0.29) is 11.7 Å². The molecule has 0 radical (unpaired) electrons. The predicted molar refractivity (Wildman–Crippen MR) is 122 cm³/mol. The van der Waals surface area contributed by atoms with Gasteiger partial charge in [0.05, 0.1) is 12.9 Å². The first-order valence-electron chi connectivity index (χ1n) is 10.4. The van der Waals surface area contributed by atoms with Gasteiger partial charge in [-0.1, -0.05) is 42.5 Å². The molecule has 0 saturated heterocycles. The average Bonchev–Trinajstić information content (AvgIpc) is 2.80. The maximum Gasteiger partial charge on any atom is 0.251 e. The van der Waals surface area contributed by atoms with Crippen LogP contribution in [0.25, 0.3) is 10.8 Å². The first-order valence-corrected chi connectivity index (χ1v) is 12.0. The molecular formula is C24H26N2O4S. The van der Waals surface area contributed by atoms with Crippen LogP contribution in [0.2, 0.25) is 0 Å². The highest BCUT2D eigenvalue weighted by Gasteiger charge is 2.26. The molecule has 31 heavy (non-hydrogen) atoms. The number of fused-ring (bicyclic) bond motifs is 2. The summed E-state index contributed by atoms with van der Waals surface area (Å²) in [7, 11) is -1.76. The Hall–Kier alpha value is -2.90. The van der Waals surface area contributed by atoms with Gasteiger partial charge in [-0.25, -0.2) is 8.42 Å². The highest BCUT2D eigenvalue weighted by Crippen LogP contribution is 2.25. The van der Waals surface area contributed by atoms with E-state index in [2.05, 4.69) is 5.32 Å². The lowest BCUT2D eigenvalue weighted by Gasteiger charge is -2.28. The SMILES string of the molecule is COc1ccc2c(c1)CCN(S(=O)(=O)CCCNC(=O)c1cccc3ccccc13)C2. The van der Waals surface area contributed by atoms with Crippen molar-refractivity contribution < 1.29 is 17.9 Å². The van der Waals surface area contributed by atoms with Gasteiger partial charge in [-0.05, 0) is 52.9 Å². The van der Waals surface area contributed by atoms with Crippen LogP contribution in [0.1, 0.15) is 27.9 Å². The summed E-state index contributed by atoms with van der Waals surface area (Å²) in [5, 5.41) is 4.75. The maximum atomic E-state index is 12.8. The van der Waals surface area contributed by atoms with Gasteiger partial charge in [0.25, 0.3) is 5.91 Å². The summed E-state index contributed by atoms with van der Waals surface area (Å²) in [6.45, 7) is 1.15. The average molecular weight is 439 g/mol. The van der Waals surface area contributed by atoms with Crippen molar-refractivity contribution in [1.82, 2.24) is 9.62 Å². The normalized spacial score (nSPS) is 14.2. The van der Waals surface area contributed by atoms with Gasteiger partial charge in [0.2, 0.25) is 10.0 Å². The van der Waals surface area contributed by atoms with E-state index >= 15 is 0 Å². The largest absolute Gasteiger partial charge is 0.497 e. The number of hydrogen-bond acceptors (Lipinski definition) is 4. The quantitative estimate of drug-likeness (QED) is 0.574. The molecule has 1 aliphatic heterocycles. The molecule has 1 N–H and O–H groups in total. The van der Waals surface area contributed by atoms with E-state index in [4.69, 9.17) is 4.74 Å². The van der Waals surface area contributed by atoms with Crippen molar-refractivity contribution in [3.8, 4) is 5.75 Å². The molecule has 6 nitrogen and oxygen atoms in total. The van der Waals surface area contributed by atoms with Crippen LogP contribution >= 0.6 is 0 Å². The number of benzene rings is 3. The zero-order chi connectivity index (χ0) is 21.8. The van der Waals surface area contributed by atoms with Crippen LogP contribution in [0.3, 0.4) is 0 Å². The summed E-state index contributed by atoms with van der Waals surface area (Å²) in [4.78, 5) is 12.6. The van der Waals surface area contributed by atoms with Gasteiger partial charge in [0, 0.05) is 25.2 Å². The van der Waals surface area contributed by atoms with Gasteiger partial charge < -0.3 is 10.1 Å². The fourth-order valence-corrected chi connectivity index (χ4v) is 5.44. The van der Waals surface area contributed by atoms with Crippen LogP contribution in [-0.4, -0.2) is 44.6 Å². The minimum Gasteiger partial charge on any atom is -0.497 e. The van der Waals surface area contributed by atoms with Gasteiger partial charge in [-0.15, -0.1) is 0 Å². The Labute approximate surface area is 182 Å². The molecule has 0 saturated carbocycles. The Morgan fingerprint density at radius 1 is 1.06 bits per heavy atom. The number of nitrogens with one attached hydrogen (secondary N) is 1. The number of rotatable bonds is 7. The van der Waals surface area contributed by atoms with E-state index in [0.29, 0.717) is 38.0 Å². The minimum absolute atomic E-state index is 0.00824. The number of ether oxygens (including phenoxy) is 1. The van der Waals surface area contributed by atoms with Crippen LogP contribution in [0.4, 0.5) is 0 Å². The molecule has 0 fully saturated rings. The van der Waals surface area contributed by atoms with E-state index in [1.54, 1.807) is 13.2 Å². The number of methoxy groups -OCH3 is 1. The van der Waals surface area contributed by atoms with Crippen molar-refractivity contribution in [2.24, 2.45) is 0 Å². The number of hydrogen-bond donors (Lipinski definition) is 1. The van der Waals surface area contributed by atoms with Gasteiger partial charge in [0.15, 0.2) is 0 Å². The predicted octanol–water partition coefficient (Wildman–Crippen LogP) is 3.36. The summed E-state index contributed by atoms with van der Waals surface area (Å²) < 4.78 is 32.4. The summed E-state index contributed by atoms with van der Waals surface area (Å²) in [6.07, 6.45) is 1.04. The number of sulfonamides is 1. The maximum absolute atomic E-state index is 12.8. The third-order valence-corrected chi connectivity index (χ3v) is 7.59. The minimum atomic E-state index is -3.39. The topological polar surface area (TPSA) is 75.7 Å². The summed E-state index contributed by atoms with van der Waals surface area (Å²) in [5.41, 5.74) is 2.75. The smallest absolute Gasteiger partial charge is 0.251 e. The number of amides is 1. The monoisotopic (exact) mass is 438 g/mol. The van der Waals surface area contributed by atoms with E-state index in [9.17, 15) is 13.2 Å². The second-order valence-corrected chi connectivity index (χ2v) is 9.76. The Bertz CT molecular complexity index is 1200. The van der Waals surface area contributed by atoms with Gasteiger partial charge in [-0.3, -0.25) is 4.79 Å². The Kier molecular flexibility index (Phi) is 6.25. The fraction of sp³-hybridized carbons (Fsp3) is 0.292. The second-order valence-electron chi connectivity index (χ2n) is 7.67. The standard InChI is InChI=1S/C24H26N2O4S/c1-30-21-11-10-20-17-26(14-12-19(20)16-21)31(28,29)15-5-13-25-24(27)23-9-4-7-18-6-2-3-8-22(18)23/h2-4,6-11,16H,5,12-15,17H2,1H3,(H,25,27). The molecule has 0 aliphatic carbocycles. The highest BCUT2D eigenvalue weighted by molar-refractivity contribution is 7.89. The van der Waals surface area contributed by atoms with Gasteiger partial charge >= 0.3 is 0 Å². The second kappa shape index (κ2) is 9.08. The molecule has 0 aromatic heterocycles. The zero-order valence-corrected chi connectivity index (χ0v) is 18.3. The van der Waals surface area contributed by atoms with Crippen molar-refractivity contribution in [1.29, 1.82) is 0 Å². The van der Waals surface area contributed by atoms with Crippen molar-refractivity contribution in [2.45, 2.75) is 19.4 Å². The molecule has 0 unspecified atom stereocenters. The number of carbonyl (C=O) groups is 1. The molecule has 0 bridgehead atoms. The van der Waals surface area contributed by atoms with Crippen LogP contribution in [0, 0.1) is 0 Å². The van der Waals surface area contributed by atoms with Crippen molar-refractivity contribution >= 4 is 26.7 Å². The molecule has 1 aliphatic rings. The Morgan fingerprint density at radius 3 is 2.71 bits per heavy atom. The van der Waals surface area contributed by atoms with Crippen LogP contribution in [0.15, 0.2) is 60.7 Å². The molecular weight excluding hydrogens is 412 g/mol. The lowest BCUT2D eigenvalue weighted by Crippen LogP contribution is -2.38. The third-order valence-electron chi connectivity index (χ3n) is 5.68. The van der Waals surface area contributed by atoms with Crippen LogP contribution in [-0.2, 0) is 23.0 Å². The van der Waals surface area contributed by atoms with Crippen molar-refractivity contribution in [2.75, 3.05) is 26.0 Å². The van der Waals surface area contributed by atoms with Gasteiger partial charge in [-0.2, -0.15) is 4.31 Å². The van der Waals surface area contributed by atoms with Crippen LogP contribution in [0.5, 0.6) is 5.75 Å². The van der Waals surface area contributed by atoms with Crippen molar-refractivity contribution in [3.05, 3.63) is 77.4 Å². The molecule has 162 valence electrons. The molecule has 3 aromatic carbocycles. The molecule has 1 amide bonds. The van der Waals surface area contributed by atoms with E-state index in [1.165, 1.54) is 4.31 Å². The molecule has 4 rings (SSSR count). The summed E-state index contributed by atoms with van der Waals surface area (Å²) in [6, 6.07) is 19.1. The van der Waals surface area contributed by atoms with Crippen molar-refractivity contribution in [3.63, 3.8) is 0 Å². The van der Waals surface area contributed by atoms with E-state index < -0.39 is 10.0 Å². The lowest BCUT2D eigenvalue weighted by molar-refractivity contribution is 0.0955. The summed E-state index contributed by atoms with van der Waals surface area (Å²) >= 11 is 0. The van der Waals surface area contributed by atoms with Crippen LogP contribution < -0.4 is 10.1 Å².